The second-order valence-corrected chi connectivity index (χ2v) is 8.38. The number of halogens is 1. The molecule has 0 radical (unpaired) electrons. The number of amides is 1. The number of nitrogens with zero attached hydrogens (tertiary/aromatic N) is 5. The van der Waals surface area contributed by atoms with Crippen LogP contribution in [0.5, 0.6) is 0 Å². The zero-order valence-corrected chi connectivity index (χ0v) is 19.3. The number of carbonyl (C=O) groups excluding carboxylic acids is 1. The smallest absolute Gasteiger partial charge is 0.247 e. The lowest BCUT2D eigenvalue weighted by atomic mass is 10.1. The van der Waals surface area contributed by atoms with E-state index in [0.29, 0.717) is 28.4 Å². The molecule has 1 aliphatic heterocycles. The van der Waals surface area contributed by atoms with E-state index in [1.807, 2.05) is 12.1 Å². The highest BCUT2D eigenvalue weighted by Gasteiger charge is 2.17. The van der Waals surface area contributed by atoms with Crippen molar-refractivity contribution >= 4 is 40.0 Å². The molecule has 0 bridgehead atoms. The molecule has 1 fully saturated rings. The van der Waals surface area contributed by atoms with Crippen molar-refractivity contribution in [3.8, 4) is 11.3 Å². The first-order valence-electron chi connectivity index (χ1n) is 11.3. The molecular weight excluding hydrogens is 447 g/mol. The number of carbonyl (C=O) groups is 1. The van der Waals surface area contributed by atoms with Crippen LogP contribution in [0.15, 0.2) is 61.3 Å². The summed E-state index contributed by atoms with van der Waals surface area (Å²) in [5, 5.41) is 13.4. The van der Waals surface area contributed by atoms with Crippen molar-refractivity contribution in [3.63, 3.8) is 0 Å². The zero-order chi connectivity index (χ0) is 24.4. The number of aromatic nitrogens is 4. The Bertz CT molecular complexity index is 1390. The quantitative estimate of drug-likeness (QED) is 0.367. The topological polar surface area (TPSA) is 102 Å². The highest BCUT2D eigenvalue weighted by Crippen LogP contribution is 2.31. The van der Waals surface area contributed by atoms with E-state index >= 15 is 0 Å². The van der Waals surface area contributed by atoms with E-state index in [2.05, 4.69) is 66.4 Å². The van der Waals surface area contributed by atoms with Crippen molar-refractivity contribution in [3.05, 3.63) is 67.1 Å². The average Bonchev–Trinajstić information content (AvgIpc) is 3.34. The van der Waals surface area contributed by atoms with E-state index in [0.717, 1.165) is 43.6 Å². The minimum atomic E-state index is -0.481. The van der Waals surface area contributed by atoms with E-state index in [4.69, 9.17) is 0 Å². The third kappa shape index (κ3) is 4.82. The molecule has 35 heavy (non-hydrogen) atoms. The molecule has 5 rings (SSSR count). The number of benzene rings is 2. The van der Waals surface area contributed by atoms with Crippen LogP contribution in [0, 0.1) is 5.82 Å². The largest absolute Gasteiger partial charge is 0.369 e. The second-order valence-electron chi connectivity index (χ2n) is 8.38. The molecule has 0 saturated carbocycles. The van der Waals surface area contributed by atoms with Gasteiger partial charge in [-0.1, -0.05) is 12.6 Å². The van der Waals surface area contributed by atoms with Crippen LogP contribution < -0.4 is 15.5 Å². The summed E-state index contributed by atoms with van der Waals surface area (Å²) in [4.78, 5) is 25.5. The van der Waals surface area contributed by atoms with Crippen LogP contribution in [-0.2, 0) is 4.79 Å². The molecule has 3 N–H and O–H groups in total. The third-order valence-corrected chi connectivity index (χ3v) is 5.95. The number of hydrogen-bond acceptors (Lipinski definition) is 7. The van der Waals surface area contributed by atoms with Crippen molar-refractivity contribution in [2.24, 2.45) is 0 Å². The van der Waals surface area contributed by atoms with E-state index < -0.39 is 5.82 Å². The highest BCUT2D eigenvalue weighted by atomic mass is 19.1. The Labute approximate surface area is 201 Å². The molecule has 2 aromatic heterocycles. The van der Waals surface area contributed by atoms with Crippen LogP contribution >= 0.6 is 0 Å². The number of rotatable bonds is 6. The fraction of sp³-hybridized carbons (Fsp3) is 0.200. The molecule has 4 aromatic rings. The van der Waals surface area contributed by atoms with Crippen molar-refractivity contribution < 1.29 is 9.18 Å². The number of fused-ring (bicyclic) bond motifs is 1. The predicted molar refractivity (Wildman–Crippen MR) is 135 cm³/mol. The molecule has 3 heterocycles. The molecule has 0 unspecified atom stereocenters. The Morgan fingerprint density at radius 1 is 1.11 bits per heavy atom. The Hall–Kier alpha value is -4.31. The van der Waals surface area contributed by atoms with Gasteiger partial charge in [0.1, 0.15) is 5.82 Å². The maximum Gasteiger partial charge on any atom is 0.247 e. The third-order valence-electron chi connectivity index (χ3n) is 5.95. The molecule has 1 amide bonds. The monoisotopic (exact) mass is 472 g/mol. The summed E-state index contributed by atoms with van der Waals surface area (Å²) in [6.07, 6.45) is 2.71. The Morgan fingerprint density at radius 2 is 1.94 bits per heavy atom. The van der Waals surface area contributed by atoms with Crippen LogP contribution in [0.3, 0.4) is 0 Å². The summed E-state index contributed by atoms with van der Waals surface area (Å²) in [7, 11) is 2.13. The summed E-state index contributed by atoms with van der Waals surface area (Å²) in [5.41, 5.74) is 3.40. The van der Waals surface area contributed by atoms with Crippen molar-refractivity contribution in [2.45, 2.75) is 0 Å². The fourth-order valence-corrected chi connectivity index (χ4v) is 4.05. The van der Waals surface area contributed by atoms with Gasteiger partial charge < -0.3 is 20.4 Å². The van der Waals surface area contributed by atoms with E-state index in [1.54, 1.807) is 6.20 Å². The van der Waals surface area contributed by atoms with Gasteiger partial charge in [0.25, 0.3) is 0 Å². The number of anilines is 4. The predicted octanol–water partition coefficient (Wildman–Crippen LogP) is 3.78. The molecule has 2 aromatic carbocycles. The summed E-state index contributed by atoms with van der Waals surface area (Å²) < 4.78 is 14.9. The first-order valence-corrected chi connectivity index (χ1v) is 11.3. The number of H-pyrrole nitrogens is 1. The van der Waals surface area contributed by atoms with Gasteiger partial charge in [0.15, 0.2) is 5.65 Å². The first-order chi connectivity index (χ1) is 17.0. The molecule has 178 valence electrons. The molecule has 1 aliphatic rings. The van der Waals surface area contributed by atoms with Crippen LogP contribution in [0.4, 0.5) is 27.4 Å². The van der Waals surface area contributed by atoms with Gasteiger partial charge in [-0.05, 0) is 49.5 Å². The van der Waals surface area contributed by atoms with E-state index in [-0.39, 0.29) is 11.5 Å². The number of likely N-dealkylation sites (N-methyl/N-ethyl adjacent to an activating group) is 1. The standard InChI is InChI=1S/C25H25FN8O/c1-3-22(35)28-17-7-8-21(26)19(14-17)23-20-15-27-32-24(20)31-25(30-23)29-16-5-4-6-18(13-16)34-11-9-33(2)10-12-34/h3-8,13-15H,1,9-12H2,2H3,(H,28,35)(H2,27,29,30,31,32). The maximum atomic E-state index is 14.9. The van der Waals surface area contributed by atoms with Gasteiger partial charge in [0.2, 0.25) is 11.9 Å². The fourth-order valence-electron chi connectivity index (χ4n) is 4.05. The Kier molecular flexibility index (Phi) is 6.11. The van der Waals surface area contributed by atoms with Gasteiger partial charge >= 0.3 is 0 Å². The Morgan fingerprint density at radius 3 is 2.74 bits per heavy atom. The van der Waals surface area contributed by atoms with Gasteiger partial charge in [-0.15, -0.1) is 0 Å². The molecule has 0 aliphatic carbocycles. The van der Waals surface area contributed by atoms with Crippen molar-refractivity contribution in [1.82, 2.24) is 25.1 Å². The number of piperazine rings is 1. The van der Waals surface area contributed by atoms with Gasteiger partial charge in [-0.2, -0.15) is 10.1 Å². The molecule has 9 nitrogen and oxygen atoms in total. The summed E-state index contributed by atoms with van der Waals surface area (Å²) in [6.45, 7) is 7.39. The molecule has 0 atom stereocenters. The van der Waals surface area contributed by atoms with Crippen LogP contribution in [-0.4, -0.2) is 64.2 Å². The van der Waals surface area contributed by atoms with Crippen LogP contribution in [0.25, 0.3) is 22.3 Å². The highest BCUT2D eigenvalue weighted by molar-refractivity contribution is 6.00. The molecule has 10 heteroatoms. The molecule has 0 spiro atoms. The van der Waals surface area contributed by atoms with Gasteiger partial charge in [-0.3, -0.25) is 9.89 Å². The first kappa shape index (κ1) is 22.5. The minimum Gasteiger partial charge on any atom is -0.369 e. The molecular formula is C25H25FN8O. The summed E-state index contributed by atoms with van der Waals surface area (Å²) >= 11 is 0. The van der Waals surface area contributed by atoms with Gasteiger partial charge in [0, 0.05) is 48.8 Å². The number of aromatic amines is 1. The lowest BCUT2D eigenvalue weighted by molar-refractivity contribution is -0.111. The normalized spacial score (nSPS) is 14.2. The minimum absolute atomic E-state index is 0.217. The zero-order valence-electron chi connectivity index (χ0n) is 19.3. The second kappa shape index (κ2) is 9.51. The van der Waals surface area contributed by atoms with Crippen LogP contribution in [0.1, 0.15) is 0 Å². The van der Waals surface area contributed by atoms with Crippen molar-refractivity contribution in [2.75, 3.05) is 48.8 Å². The van der Waals surface area contributed by atoms with E-state index in [9.17, 15) is 9.18 Å². The SMILES string of the molecule is C=CC(=O)Nc1ccc(F)c(-c2nc(Nc3cccc(N4CCN(C)CC4)c3)nc3[nH]ncc23)c1. The van der Waals surface area contributed by atoms with Crippen LogP contribution in [0.2, 0.25) is 0 Å². The van der Waals surface area contributed by atoms with E-state index in [1.165, 1.54) is 18.2 Å². The van der Waals surface area contributed by atoms with Gasteiger partial charge in [0.05, 0.1) is 17.3 Å². The lowest BCUT2D eigenvalue weighted by Gasteiger charge is -2.34. The number of nitrogens with one attached hydrogen (secondary N) is 3. The average molecular weight is 473 g/mol. The molecule has 1 saturated heterocycles. The summed E-state index contributed by atoms with van der Waals surface area (Å²) in [6, 6.07) is 12.4. The lowest BCUT2D eigenvalue weighted by Crippen LogP contribution is -2.44. The van der Waals surface area contributed by atoms with Gasteiger partial charge in [-0.25, -0.2) is 9.37 Å². The Balaban J connectivity index is 1.48. The number of hydrogen-bond donors (Lipinski definition) is 3. The summed E-state index contributed by atoms with van der Waals surface area (Å²) in [5.74, 6) is -0.570. The van der Waals surface area contributed by atoms with Crippen molar-refractivity contribution in [1.29, 1.82) is 0 Å². The maximum absolute atomic E-state index is 14.9.